The van der Waals surface area contributed by atoms with Crippen LogP contribution in [0.2, 0.25) is 0 Å². The van der Waals surface area contributed by atoms with Crippen molar-refractivity contribution in [3.8, 4) is 0 Å². The summed E-state index contributed by atoms with van der Waals surface area (Å²) >= 11 is 1.48. The molecule has 3 heterocycles. The molecule has 0 bridgehead atoms. The third-order valence-electron chi connectivity index (χ3n) is 4.96. The van der Waals surface area contributed by atoms with Gasteiger partial charge in [0.05, 0.1) is 5.39 Å². The molecule has 0 fully saturated rings. The lowest BCUT2D eigenvalue weighted by atomic mass is 10.1. The molecule has 4 rings (SSSR count). The van der Waals surface area contributed by atoms with Crippen LogP contribution in [0.25, 0.3) is 21.1 Å². The van der Waals surface area contributed by atoms with Gasteiger partial charge in [0.25, 0.3) is 5.56 Å². The second-order valence-corrected chi connectivity index (χ2v) is 8.05. The van der Waals surface area contributed by atoms with Crippen LogP contribution in [0.4, 0.5) is 0 Å². The monoisotopic (exact) mass is 395 g/mol. The Labute approximate surface area is 165 Å². The first-order valence-electron chi connectivity index (χ1n) is 9.22. The lowest BCUT2D eigenvalue weighted by Crippen LogP contribution is -2.14. The molecule has 0 aliphatic rings. The van der Waals surface area contributed by atoms with E-state index in [1.807, 2.05) is 38.2 Å². The van der Waals surface area contributed by atoms with Crippen LogP contribution in [-0.4, -0.2) is 20.9 Å². The van der Waals surface area contributed by atoms with Crippen molar-refractivity contribution in [2.24, 2.45) is 0 Å². The predicted octanol–water partition coefficient (Wildman–Crippen LogP) is 4.15. The molecule has 0 atom stereocenters. The number of nitrogens with zero attached hydrogens (tertiary/aromatic N) is 1. The number of carbonyl (C=O) groups excluding carboxylic acids is 1. The Balaban J connectivity index is 1.33. The van der Waals surface area contributed by atoms with Gasteiger partial charge in [0.1, 0.15) is 17.3 Å². The van der Waals surface area contributed by atoms with Gasteiger partial charge >= 0.3 is 5.97 Å². The van der Waals surface area contributed by atoms with E-state index in [1.165, 1.54) is 22.3 Å². The molecule has 144 valence electrons. The van der Waals surface area contributed by atoms with Crippen LogP contribution < -0.4 is 5.56 Å². The minimum atomic E-state index is -0.291. The van der Waals surface area contributed by atoms with Crippen molar-refractivity contribution in [1.29, 1.82) is 0 Å². The molecule has 0 saturated carbocycles. The fraction of sp³-hybridized carbons (Fsp3) is 0.286. The molecule has 0 unspecified atom stereocenters. The van der Waals surface area contributed by atoms with Crippen molar-refractivity contribution >= 4 is 38.4 Å². The van der Waals surface area contributed by atoms with Crippen molar-refractivity contribution in [2.75, 3.05) is 0 Å². The second-order valence-electron chi connectivity index (χ2n) is 6.85. The van der Waals surface area contributed by atoms with Gasteiger partial charge in [-0.05, 0) is 43.9 Å². The van der Waals surface area contributed by atoms with Crippen LogP contribution >= 0.6 is 11.3 Å². The summed E-state index contributed by atoms with van der Waals surface area (Å²) in [5.74, 6) is 0.0878. The molecule has 3 aromatic heterocycles. The quantitative estimate of drug-likeness (QED) is 0.480. The number of rotatable bonds is 6. The summed E-state index contributed by atoms with van der Waals surface area (Å²) in [4.78, 5) is 36.5. The van der Waals surface area contributed by atoms with E-state index in [9.17, 15) is 9.59 Å². The van der Waals surface area contributed by atoms with E-state index in [-0.39, 0.29) is 18.1 Å². The summed E-state index contributed by atoms with van der Waals surface area (Å²) < 4.78 is 5.30. The topological polar surface area (TPSA) is 87.8 Å². The Morgan fingerprint density at radius 2 is 2.07 bits per heavy atom. The van der Waals surface area contributed by atoms with Gasteiger partial charge in [0, 0.05) is 28.4 Å². The Morgan fingerprint density at radius 1 is 1.25 bits per heavy atom. The standard InChI is InChI=1S/C21H21N3O3S/c1-12-13(2)28-21-19(12)20(26)23-17(24-21)11-27-18(25)9-5-6-14-10-22-16-8-4-3-7-15(14)16/h3-4,7-8,10,22H,5-6,9,11H2,1-2H3,(H,23,24,26). The lowest BCUT2D eigenvalue weighted by Gasteiger charge is -2.05. The third-order valence-corrected chi connectivity index (χ3v) is 6.06. The van der Waals surface area contributed by atoms with Crippen LogP contribution in [0.3, 0.4) is 0 Å². The molecule has 0 aliphatic heterocycles. The first kappa shape index (κ1) is 18.4. The number of esters is 1. The molecule has 4 aromatic rings. The van der Waals surface area contributed by atoms with Gasteiger partial charge in [0.2, 0.25) is 0 Å². The van der Waals surface area contributed by atoms with Crippen LogP contribution in [0, 0.1) is 13.8 Å². The van der Waals surface area contributed by atoms with Crippen LogP contribution in [0.5, 0.6) is 0 Å². The average molecular weight is 395 g/mol. The van der Waals surface area contributed by atoms with Gasteiger partial charge in [-0.15, -0.1) is 11.3 Å². The fourth-order valence-electron chi connectivity index (χ4n) is 3.35. The Bertz CT molecular complexity index is 1220. The van der Waals surface area contributed by atoms with Crippen LogP contribution in [0.1, 0.15) is 34.7 Å². The highest BCUT2D eigenvalue weighted by Gasteiger charge is 2.13. The number of aromatic nitrogens is 3. The maximum absolute atomic E-state index is 12.3. The summed E-state index contributed by atoms with van der Waals surface area (Å²) in [6.07, 6.45) is 3.81. The molecule has 28 heavy (non-hydrogen) atoms. The van der Waals surface area contributed by atoms with E-state index >= 15 is 0 Å². The second kappa shape index (κ2) is 7.59. The van der Waals surface area contributed by atoms with Gasteiger partial charge in [-0.25, -0.2) is 4.98 Å². The zero-order valence-electron chi connectivity index (χ0n) is 15.8. The first-order valence-corrected chi connectivity index (χ1v) is 10.0. The highest BCUT2D eigenvalue weighted by atomic mass is 32.1. The number of fused-ring (bicyclic) bond motifs is 2. The molecule has 0 saturated heterocycles. The number of hydrogen-bond acceptors (Lipinski definition) is 5. The zero-order chi connectivity index (χ0) is 19.7. The Hall–Kier alpha value is -2.93. The molecule has 0 radical (unpaired) electrons. The molecular formula is C21H21N3O3S. The maximum Gasteiger partial charge on any atom is 0.306 e. The van der Waals surface area contributed by atoms with Crippen LogP contribution in [0.15, 0.2) is 35.3 Å². The zero-order valence-corrected chi connectivity index (χ0v) is 16.6. The molecule has 2 N–H and O–H groups in total. The number of benzene rings is 1. The summed E-state index contributed by atoms with van der Waals surface area (Å²) in [5.41, 5.74) is 3.07. The minimum absolute atomic E-state index is 0.0207. The average Bonchev–Trinajstić information content (AvgIpc) is 3.21. The number of hydrogen-bond donors (Lipinski definition) is 2. The van der Waals surface area contributed by atoms with E-state index in [0.29, 0.717) is 28.9 Å². The Kier molecular flexibility index (Phi) is 5.00. The number of H-pyrrole nitrogens is 2. The summed E-state index contributed by atoms with van der Waals surface area (Å²) in [7, 11) is 0. The number of aromatic amines is 2. The maximum atomic E-state index is 12.3. The highest BCUT2D eigenvalue weighted by Crippen LogP contribution is 2.25. The summed E-state index contributed by atoms with van der Waals surface area (Å²) in [6.45, 7) is 3.86. The Morgan fingerprint density at radius 3 is 2.93 bits per heavy atom. The third kappa shape index (κ3) is 3.57. The molecule has 0 aliphatic carbocycles. The summed E-state index contributed by atoms with van der Waals surface area (Å²) in [5, 5.41) is 1.81. The number of ether oxygens (including phenoxy) is 1. The van der Waals surface area contributed by atoms with Gasteiger partial charge in [0.15, 0.2) is 0 Å². The number of para-hydroxylation sites is 1. The van der Waals surface area contributed by atoms with Gasteiger partial charge in [-0.1, -0.05) is 18.2 Å². The molecular weight excluding hydrogens is 374 g/mol. The van der Waals surface area contributed by atoms with Gasteiger partial charge < -0.3 is 14.7 Å². The highest BCUT2D eigenvalue weighted by molar-refractivity contribution is 7.18. The van der Waals surface area contributed by atoms with Crippen molar-refractivity contribution in [1.82, 2.24) is 15.0 Å². The van der Waals surface area contributed by atoms with Crippen molar-refractivity contribution in [3.05, 3.63) is 62.6 Å². The SMILES string of the molecule is Cc1sc2nc(COC(=O)CCCc3c[nH]c4ccccc34)[nH]c(=O)c2c1C. The van der Waals surface area contributed by atoms with Crippen LogP contribution in [-0.2, 0) is 22.6 Å². The molecule has 7 heteroatoms. The first-order chi connectivity index (χ1) is 13.5. The van der Waals surface area contributed by atoms with Gasteiger partial charge in [-0.2, -0.15) is 0 Å². The molecule has 0 spiro atoms. The normalized spacial score (nSPS) is 11.4. The predicted molar refractivity (Wildman–Crippen MR) is 111 cm³/mol. The van der Waals surface area contributed by atoms with Crippen molar-refractivity contribution in [2.45, 2.75) is 39.7 Å². The number of nitrogens with one attached hydrogen (secondary N) is 2. The minimum Gasteiger partial charge on any atom is -0.458 e. The summed E-state index contributed by atoms with van der Waals surface area (Å²) in [6, 6.07) is 8.11. The van der Waals surface area contributed by atoms with Crippen molar-refractivity contribution < 1.29 is 9.53 Å². The largest absolute Gasteiger partial charge is 0.458 e. The number of aryl methyl sites for hydroxylation is 3. The smallest absolute Gasteiger partial charge is 0.306 e. The van der Waals surface area contributed by atoms with E-state index in [2.05, 4.69) is 21.0 Å². The molecule has 6 nitrogen and oxygen atoms in total. The fourth-order valence-corrected chi connectivity index (χ4v) is 4.40. The number of thiophene rings is 1. The lowest BCUT2D eigenvalue weighted by molar-refractivity contribution is -0.145. The molecule has 0 amide bonds. The van der Waals surface area contributed by atoms with E-state index in [4.69, 9.17) is 4.74 Å². The van der Waals surface area contributed by atoms with E-state index < -0.39 is 0 Å². The van der Waals surface area contributed by atoms with Gasteiger partial charge in [-0.3, -0.25) is 9.59 Å². The van der Waals surface area contributed by atoms with E-state index in [0.717, 1.165) is 22.4 Å². The van der Waals surface area contributed by atoms with Crippen molar-refractivity contribution in [3.63, 3.8) is 0 Å². The molecule has 1 aromatic carbocycles. The number of carbonyl (C=O) groups is 1. The van der Waals surface area contributed by atoms with E-state index in [1.54, 1.807) is 0 Å².